The van der Waals surface area contributed by atoms with Crippen LogP contribution in [0.4, 0.5) is 4.39 Å². The van der Waals surface area contributed by atoms with Gasteiger partial charge in [-0.2, -0.15) is 0 Å². The van der Waals surface area contributed by atoms with Gasteiger partial charge in [0.25, 0.3) is 5.91 Å². The van der Waals surface area contributed by atoms with Crippen LogP contribution in [-0.2, 0) is 11.2 Å². The third-order valence-corrected chi connectivity index (χ3v) is 3.57. The zero-order valence-electron chi connectivity index (χ0n) is 12.6. The maximum absolute atomic E-state index is 13.6. The molecule has 1 aliphatic rings. The maximum Gasteiger partial charge on any atom is 0.263 e. The van der Waals surface area contributed by atoms with Gasteiger partial charge in [0.1, 0.15) is 11.6 Å². The number of halogens is 1. The van der Waals surface area contributed by atoms with Gasteiger partial charge >= 0.3 is 0 Å². The monoisotopic (exact) mass is 294 g/mol. The topological polar surface area (TPSA) is 55.6 Å². The van der Waals surface area contributed by atoms with Crippen molar-refractivity contribution in [2.45, 2.75) is 45.3 Å². The number of amides is 1. The summed E-state index contributed by atoms with van der Waals surface area (Å²) in [5.74, 6) is -0.0276. The molecular formula is C16H23FN2O2. The van der Waals surface area contributed by atoms with Crippen molar-refractivity contribution in [3.05, 3.63) is 29.6 Å². The van der Waals surface area contributed by atoms with E-state index in [1.807, 2.05) is 6.92 Å². The lowest BCUT2D eigenvalue weighted by atomic mass is 10.1. The quantitative estimate of drug-likeness (QED) is 0.905. The minimum atomic E-state index is -0.604. The minimum absolute atomic E-state index is 0.0366. The first kappa shape index (κ1) is 15.8. The summed E-state index contributed by atoms with van der Waals surface area (Å²) in [4.78, 5) is 14.0. The van der Waals surface area contributed by atoms with Crippen molar-refractivity contribution in [1.29, 1.82) is 0 Å². The second-order valence-electron chi connectivity index (χ2n) is 5.77. The van der Waals surface area contributed by atoms with Gasteiger partial charge in [-0.3, -0.25) is 4.79 Å². The second-order valence-corrected chi connectivity index (χ2v) is 5.77. The number of hydrogen-bond acceptors (Lipinski definition) is 3. The molecule has 4 nitrogen and oxygen atoms in total. The SMILES string of the molecule is CC(N)Cc1cc(F)cc(OC(C)C(=O)N2CCCC2)c1. The third kappa shape index (κ3) is 4.43. The Kier molecular flexibility index (Phi) is 5.17. The number of hydrogen-bond donors (Lipinski definition) is 1. The molecule has 21 heavy (non-hydrogen) atoms. The van der Waals surface area contributed by atoms with Crippen molar-refractivity contribution in [3.63, 3.8) is 0 Å². The van der Waals surface area contributed by atoms with E-state index in [1.165, 1.54) is 12.1 Å². The Bertz CT molecular complexity index is 499. The highest BCUT2D eigenvalue weighted by molar-refractivity contribution is 5.81. The lowest BCUT2D eigenvalue weighted by Crippen LogP contribution is -2.38. The molecule has 1 heterocycles. The number of nitrogens with zero attached hydrogens (tertiary/aromatic N) is 1. The van der Waals surface area contributed by atoms with Crippen LogP contribution in [0.15, 0.2) is 18.2 Å². The number of nitrogens with two attached hydrogens (primary N) is 1. The van der Waals surface area contributed by atoms with E-state index in [0.717, 1.165) is 31.5 Å². The van der Waals surface area contributed by atoms with Crippen molar-refractivity contribution in [1.82, 2.24) is 4.90 Å². The van der Waals surface area contributed by atoms with E-state index in [1.54, 1.807) is 17.9 Å². The van der Waals surface area contributed by atoms with Gasteiger partial charge in [0.15, 0.2) is 6.10 Å². The molecular weight excluding hydrogens is 271 g/mol. The lowest BCUT2D eigenvalue weighted by Gasteiger charge is -2.21. The number of benzene rings is 1. The van der Waals surface area contributed by atoms with Gasteiger partial charge in [0.2, 0.25) is 0 Å². The molecule has 0 radical (unpaired) electrons. The van der Waals surface area contributed by atoms with Crippen LogP contribution >= 0.6 is 0 Å². The molecule has 2 N–H and O–H groups in total. The van der Waals surface area contributed by atoms with Crippen LogP contribution in [0.1, 0.15) is 32.3 Å². The number of carbonyl (C=O) groups is 1. The van der Waals surface area contributed by atoms with Crippen LogP contribution in [0.5, 0.6) is 5.75 Å². The molecule has 1 aromatic rings. The van der Waals surface area contributed by atoms with Gasteiger partial charge in [0, 0.05) is 25.2 Å². The molecule has 2 unspecified atom stereocenters. The Morgan fingerprint density at radius 1 is 1.33 bits per heavy atom. The molecule has 1 aromatic carbocycles. The van der Waals surface area contributed by atoms with Gasteiger partial charge in [-0.25, -0.2) is 4.39 Å². The average molecular weight is 294 g/mol. The summed E-state index contributed by atoms with van der Waals surface area (Å²) in [5.41, 5.74) is 6.51. The maximum atomic E-state index is 13.6. The fourth-order valence-electron chi connectivity index (χ4n) is 2.63. The fourth-order valence-corrected chi connectivity index (χ4v) is 2.63. The number of rotatable bonds is 5. The molecule has 0 aromatic heterocycles. The van der Waals surface area contributed by atoms with Gasteiger partial charge < -0.3 is 15.4 Å². The standard InChI is InChI=1S/C16H23FN2O2/c1-11(18)7-13-8-14(17)10-15(9-13)21-12(2)16(20)19-5-3-4-6-19/h8-12H,3-7,18H2,1-2H3. The number of ether oxygens (including phenoxy) is 1. The summed E-state index contributed by atoms with van der Waals surface area (Å²) < 4.78 is 19.2. The van der Waals surface area contributed by atoms with E-state index < -0.39 is 6.10 Å². The molecule has 116 valence electrons. The Hall–Kier alpha value is -1.62. The van der Waals surface area contributed by atoms with E-state index in [2.05, 4.69) is 0 Å². The first-order valence-electron chi connectivity index (χ1n) is 7.46. The Balaban J connectivity index is 2.04. The van der Waals surface area contributed by atoms with E-state index in [4.69, 9.17) is 10.5 Å². The van der Waals surface area contributed by atoms with Crippen molar-refractivity contribution >= 4 is 5.91 Å². The predicted molar refractivity (Wildman–Crippen MR) is 79.7 cm³/mol. The normalized spacial score (nSPS) is 17.6. The van der Waals surface area contributed by atoms with E-state index in [-0.39, 0.29) is 17.8 Å². The smallest absolute Gasteiger partial charge is 0.263 e. The molecule has 2 rings (SSSR count). The first-order valence-corrected chi connectivity index (χ1v) is 7.46. The molecule has 0 spiro atoms. The Labute approximate surface area is 125 Å². The minimum Gasteiger partial charge on any atom is -0.481 e. The van der Waals surface area contributed by atoms with Crippen molar-refractivity contribution in [3.8, 4) is 5.75 Å². The van der Waals surface area contributed by atoms with Gasteiger partial charge in [-0.15, -0.1) is 0 Å². The van der Waals surface area contributed by atoms with Crippen LogP contribution in [0.3, 0.4) is 0 Å². The van der Waals surface area contributed by atoms with Crippen LogP contribution in [0.25, 0.3) is 0 Å². The van der Waals surface area contributed by atoms with Crippen molar-refractivity contribution in [2.75, 3.05) is 13.1 Å². The zero-order valence-corrected chi connectivity index (χ0v) is 12.6. The second kappa shape index (κ2) is 6.89. The molecule has 5 heteroatoms. The highest BCUT2D eigenvalue weighted by Gasteiger charge is 2.24. The molecule has 0 saturated carbocycles. The summed E-state index contributed by atoms with van der Waals surface area (Å²) >= 11 is 0. The number of carbonyl (C=O) groups excluding carboxylic acids is 1. The van der Waals surface area contributed by atoms with Crippen LogP contribution < -0.4 is 10.5 Å². The van der Waals surface area contributed by atoms with E-state index in [9.17, 15) is 9.18 Å². The van der Waals surface area contributed by atoms with E-state index in [0.29, 0.717) is 12.2 Å². The lowest BCUT2D eigenvalue weighted by molar-refractivity contribution is -0.136. The van der Waals surface area contributed by atoms with Crippen LogP contribution in [0.2, 0.25) is 0 Å². The molecule has 1 fully saturated rings. The summed E-state index contributed by atoms with van der Waals surface area (Å²) in [6, 6.07) is 4.45. The third-order valence-electron chi connectivity index (χ3n) is 3.57. The molecule has 0 aliphatic carbocycles. The van der Waals surface area contributed by atoms with Crippen molar-refractivity contribution in [2.24, 2.45) is 5.73 Å². The Morgan fingerprint density at radius 2 is 2.00 bits per heavy atom. The molecule has 0 bridgehead atoms. The van der Waals surface area contributed by atoms with Crippen LogP contribution in [-0.4, -0.2) is 36.0 Å². The van der Waals surface area contributed by atoms with Gasteiger partial charge in [-0.1, -0.05) is 0 Å². The highest BCUT2D eigenvalue weighted by atomic mass is 19.1. The summed E-state index contributed by atoms with van der Waals surface area (Å²) in [5, 5.41) is 0. The largest absolute Gasteiger partial charge is 0.481 e. The van der Waals surface area contributed by atoms with Gasteiger partial charge in [-0.05, 0) is 50.8 Å². The van der Waals surface area contributed by atoms with Crippen LogP contribution in [0, 0.1) is 5.82 Å². The summed E-state index contributed by atoms with van der Waals surface area (Å²) in [6.45, 7) is 5.14. The summed E-state index contributed by atoms with van der Waals surface area (Å²) in [7, 11) is 0. The molecule has 2 atom stereocenters. The zero-order chi connectivity index (χ0) is 15.4. The average Bonchev–Trinajstić information content (AvgIpc) is 2.89. The molecule has 1 amide bonds. The highest BCUT2D eigenvalue weighted by Crippen LogP contribution is 2.20. The molecule has 1 aliphatic heterocycles. The van der Waals surface area contributed by atoms with Gasteiger partial charge in [0.05, 0.1) is 0 Å². The predicted octanol–water partition coefficient (Wildman–Crippen LogP) is 2.11. The molecule has 1 saturated heterocycles. The fraction of sp³-hybridized carbons (Fsp3) is 0.562. The summed E-state index contributed by atoms with van der Waals surface area (Å²) in [6.07, 6.45) is 2.05. The van der Waals surface area contributed by atoms with Crippen molar-refractivity contribution < 1.29 is 13.9 Å². The Morgan fingerprint density at radius 3 is 2.62 bits per heavy atom. The van der Waals surface area contributed by atoms with E-state index >= 15 is 0 Å². The first-order chi connectivity index (χ1) is 9.95. The number of likely N-dealkylation sites (tertiary alicyclic amines) is 1.